The normalized spacial score (nSPS) is 16.2. The molecule has 132 valence electrons. The molecule has 1 amide bonds. The van der Waals surface area contributed by atoms with Gasteiger partial charge in [-0.05, 0) is 63.8 Å². The number of benzene rings is 1. The highest BCUT2D eigenvalue weighted by Gasteiger charge is 2.25. The van der Waals surface area contributed by atoms with Crippen LogP contribution in [0.25, 0.3) is 0 Å². The molecule has 1 N–H and O–H groups in total. The topological polar surface area (TPSA) is 73.9 Å². The van der Waals surface area contributed by atoms with Crippen LogP contribution in [0, 0.1) is 0 Å². The van der Waals surface area contributed by atoms with Crippen LogP contribution in [0.15, 0.2) is 18.2 Å². The minimum absolute atomic E-state index is 0.00940. The molecule has 0 saturated heterocycles. The van der Waals surface area contributed by atoms with Gasteiger partial charge in [-0.3, -0.25) is 0 Å². The predicted octanol–water partition coefficient (Wildman–Crippen LogP) is 2.62. The lowest BCUT2D eigenvalue weighted by atomic mass is 10.1. The van der Waals surface area contributed by atoms with E-state index in [1.807, 2.05) is 39.0 Å². The lowest BCUT2D eigenvalue weighted by Gasteiger charge is -2.21. The van der Waals surface area contributed by atoms with Crippen molar-refractivity contribution in [1.82, 2.24) is 5.32 Å². The molecular weight excluding hydrogens is 310 g/mol. The van der Waals surface area contributed by atoms with E-state index < -0.39 is 11.7 Å². The first-order chi connectivity index (χ1) is 11.3. The Bertz CT molecular complexity index is 606. The van der Waals surface area contributed by atoms with Gasteiger partial charge in [-0.2, -0.15) is 0 Å². The molecule has 1 aromatic carbocycles. The average molecular weight is 335 g/mol. The van der Waals surface area contributed by atoms with Gasteiger partial charge in [0.15, 0.2) is 6.61 Å². The zero-order chi connectivity index (χ0) is 17.7. The summed E-state index contributed by atoms with van der Waals surface area (Å²) in [5, 5.41) is 2.89. The van der Waals surface area contributed by atoms with Crippen molar-refractivity contribution in [3.8, 4) is 5.75 Å². The van der Waals surface area contributed by atoms with Gasteiger partial charge in [0, 0.05) is 6.04 Å². The Morgan fingerprint density at radius 2 is 1.92 bits per heavy atom. The first kappa shape index (κ1) is 18.1. The van der Waals surface area contributed by atoms with E-state index in [0.29, 0.717) is 18.8 Å². The number of fused-ring (bicyclic) bond motifs is 1. The molecule has 1 atom stereocenters. The number of carbonyl (C=O) groups is 2. The summed E-state index contributed by atoms with van der Waals surface area (Å²) in [6, 6.07) is 5.71. The third kappa shape index (κ3) is 5.44. The number of alkyl carbamates (subject to hydrolysis) is 1. The van der Waals surface area contributed by atoms with Gasteiger partial charge in [0.25, 0.3) is 0 Å². The number of nitrogens with one attached hydrogen (secondary N) is 1. The lowest BCUT2D eigenvalue weighted by Crippen LogP contribution is -2.39. The van der Waals surface area contributed by atoms with E-state index in [4.69, 9.17) is 14.2 Å². The largest absolute Gasteiger partial charge is 0.482 e. The molecule has 0 saturated carbocycles. The molecule has 0 radical (unpaired) electrons. The molecule has 6 heteroatoms. The van der Waals surface area contributed by atoms with Crippen LogP contribution in [-0.4, -0.2) is 36.9 Å². The van der Waals surface area contributed by atoms with E-state index >= 15 is 0 Å². The van der Waals surface area contributed by atoms with Crippen LogP contribution < -0.4 is 10.1 Å². The van der Waals surface area contributed by atoms with Gasteiger partial charge < -0.3 is 19.5 Å². The molecule has 0 aromatic heterocycles. The van der Waals surface area contributed by atoms with Crippen molar-refractivity contribution >= 4 is 12.1 Å². The van der Waals surface area contributed by atoms with E-state index in [2.05, 4.69) is 5.32 Å². The van der Waals surface area contributed by atoms with Gasteiger partial charge in [0.05, 0.1) is 6.61 Å². The molecule has 1 aromatic rings. The van der Waals surface area contributed by atoms with Crippen LogP contribution in [0.4, 0.5) is 4.79 Å². The Morgan fingerprint density at radius 3 is 2.58 bits per heavy atom. The SMILES string of the molecule is CCOC(=O)COc1ccc2c(c1)CC(NC(=O)OC(C)(C)C)C2. The Labute approximate surface area is 142 Å². The van der Waals surface area contributed by atoms with E-state index in [-0.39, 0.29) is 18.6 Å². The lowest BCUT2D eigenvalue weighted by molar-refractivity contribution is -0.145. The minimum atomic E-state index is -0.510. The minimum Gasteiger partial charge on any atom is -0.482 e. The van der Waals surface area contributed by atoms with Crippen LogP contribution >= 0.6 is 0 Å². The number of hydrogen-bond acceptors (Lipinski definition) is 5. The monoisotopic (exact) mass is 335 g/mol. The molecule has 6 nitrogen and oxygen atoms in total. The number of ether oxygens (including phenoxy) is 3. The van der Waals surface area contributed by atoms with Crippen molar-refractivity contribution in [2.75, 3.05) is 13.2 Å². The van der Waals surface area contributed by atoms with Crippen LogP contribution in [0.5, 0.6) is 5.75 Å². The third-order valence-electron chi connectivity index (χ3n) is 3.49. The first-order valence-corrected chi connectivity index (χ1v) is 8.16. The fourth-order valence-corrected chi connectivity index (χ4v) is 2.61. The Balaban J connectivity index is 1.88. The van der Waals surface area contributed by atoms with E-state index in [1.165, 1.54) is 5.56 Å². The van der Waals surface area contributed by atoms with Gasteiger partial charge in [0.2, 0.25) is 0 Å². The van der Waals surface area contributed by atoms with Crippen molar-refractivity contribution in [3.63, 3.8) is 0 Å². The van der Waals surface area contributed by atoms with Crippen molar-refractivity contribution in [1.29, 1.82) is 0 Å². The molecule has 1 aliphatic rings. The second-order valence-corrected chi connectivity index (χ2v) is 6.78. The highest BCUT2D eigenvalue weighted by atomic mass is 16.6. The molecule has 0 aliphatic heterocycles. The molecule has 0 spiro atoms. The van der Waals surface area contributed by atoms with Crippen LogP contribution in [-0.2, 0) is 27.1 Å². The number of hydrogen-bond donors (Lipinski definition) is 1. The van der Waals surface area contributed by atoms with Crippen molar-refractivity contribution in [2.45, 2.75) is 52.2 Å². The van der Waals surface area contributed by atoms with Gasteiger partial charge in [0.1, 0.15) is 11.4 Å². The van der Waals surface area contributed by atoms with Crippen molar-refractivity contribution in [3.05, 3.63) is 29.3 Å². The maximum absolute atomic E-state index is 11.9. The number of carbonyl (C=O) groups excluding carboxylic acids is 2. The number of rotatable bonds is 5. The highest BCUT2D eigenvalue weighted by molar-refractivity contribution is 5.71. The fourth-order valence-electron chi connectivity index (χ4n) is 2.61. The quantitative estimate of drug-likeness (QED) is 0.837. The van der Waals surface area contributed by atoms with Crippen LogP contribution in [0.3, 0.4) is 0 Å². The Hall–Kier alpha value is -2.24. The summed E-state index contributed by atoms with van der Waals surface area (Å²) in [5.41, 5.74) is 1.76. The number of amides is 1. The molecule has 24 heavy (non-hydrogen) atoms. The summed E-state index contributed by atoms with van der Waals surface area (Å²) in [6.45, 7) is 7.50. The van der Waals surface area contributed by atoms with E-state index in [1.54, 1.807) is 6.92 Å². The van der Waals surface area contributed by atoms with Gasteiger partial charge in [-0.15, -0.1) is 0 Å². The smallest absolute Gasteiger partial charge is 0.407 e. The Kier molecular flexibility index (Phi) is 5.70. The zero-order valence-electron chi connectivity index (χ0n) is 14.7. The average Bonchev–Trinajstić information content (AvgIpc) is 2.84. The van der Waals surface area contributed by atoms with Crippen LogP contribution in [0.1, 0.15) is 38.8 Å². The Morgan fingerprint density at radius 1 is 1.21 bits per heavy atom. The summed E-state index contributed by atoms with van der Waals surface area (Å²) >= 11 is 0. The standard InChI is InChI=1S/C18H25NO5/c1-5-22-16(20)11-23-15-7-6-12-8-14(9-13(12)10-15)19-17(21)24-18(2,3)4/h6-7,10,14H,5,8-9,11H2,1-4H3,(H,19,21). The number of esters is 1. The summed E-state index contributed by atoms with van der Waals surface area (Å²) in [7, 11) is 0. The molecule has 0 fully saturated rings. The second kappa shape index (κ2) is 7.55. The predicted molar refractivity (Wildman–Crippen MR) is 89.1 cm³/mol. The highest BCUT2D eigenvalue weighted by Crippen LogP contribution is 2.26. The molecule has 0 bridgehead atoms. The maximum atomic E-state index is 11.9. The zero-order valence-corrected chi connectivity index (χ0v) is 14.7. The molecule has 1 aliphatic carbocycles. The van der Waals surface area contributed by atoms with Crippen molar-refractivity contribution in [2.24, 2.45) is 0 Å². The third-order valence-corrected chi connectivity index (χ3v) is 3.49. The van der Waals surface area contributed by atoms with E-state index in [0.717, 1.165) is 12.0 Å². The summed E-state index contributed by atoms with van der Waals surface area (Å²) < 4.78 is 15.6. The summed E-state index contributed by atoms with van der Waals surface area (Å²) in [6.07, 6.45) is 1.07. The fraction of sp³-hybridized carbons (Fsp3) is 0.556. The molecule has 2 rings (SSSR count). The maximum Gasteiger partial charge on any atom is 0.407 e. The molecular formula is C18H25NO5. The van der Waals surface area contributed by atoms with Crippen molar-refractivity contribution < 1.29 is 23.8 Å². The van der Waals surface area contributed by atoms with Gasteiger partial charge in [-0.1, -0.05) is 6.07 Å². The summed E-state index contributed by atoms with van der Waals surface area (Å²) in [5.74, 6) is 0.238. The van der Waals surface area contributed by atoms with Gasteiger partial charge >= 0.3 is 12.1 Å². The first-order valence-electron chi connectivity index (χ1n) is 8.16. The second-order valence-electron chi connectivity index (χ2n) is 6.78. The van der Waals surface area contributed by atoms with Crippen LogP contribution in [0.2, 0.25) is 0 Å². The molecule has 0 heterocycles. The van der Waals surface area contributed by atoms with E-state index in [9.17, 15) is 9.59 Å². The molecule has 1 unspecified atom stereocenters. The summed E-state index contributed by atoms with van der Waals surface area (Å²) in [4.78, 5) is 23.2. The van der Waals surface area contributed by atoms with Gasteiger partial charge in [-0.25, -0.2) is 9.59 Å².